The van der Waals surface area contributed by atoms with Crippen molar-refractivity contribution in [2.75, 3.05) is 0 Å². The molecule has 2 aromatic heterocycles. The highest BCUT2D eigenvalue weighted by molar-refractivity contribution is 5.30. The van der Waals surface area contributed by atoms with Gasteiger partial charge in [-0.1, -0.05) is 24.3 Å². The zero-order valence-corrected chi connectivity index (χ0v) is 11.5. The zero-order chi connectivity index (χ0) is 14.7. The van der Waals surface area contributed by atoms with Crippen molar-refractivity contribution in [3.8, 4) is 17.6 Å². The number of benzene rings is 1. The number of aromatic nitrogens is 4. The van der Waals surface area contributed by atoms with Gasteiger partial charge in [-0.2, -0.15) is 4.98 Å². The molecule has 0 spiro atoms. The van der Waals surface area contributed by atoms with Crippen molar-refractivity contribution >= 4 is 0 Å². The van der Waals surface area contributed by atoms with Gasteiger partial charge in [0.05, 0.1) is 5.69 Å². The molecule has 3 rings (SSSR count). The summed E-state index contributed by atoms with van der Waals surface area (Å²) in [5, 5.41) is 4.25. The monoisotopic (exact) mass is 281 g/mol. The van der Waals surface area contributed by atoms with Gasteiger partial charge in [0.15, 0.2) is 0 Å². The quantitative estimate of drug-likeness (QED) is 0.794. The first-order valence-electron chi connectivity index (χ1n) is 6.59. The lowest BCUT2D eigenvalue weighted by molar-refractivity contribution is 0.424. The summed E-state index contributed by atoms with van der Waals surface area (Å²) in [5.41, 5.74) is 7.64. The SMILES string of the molecule is CC(N)c1ccc(Oc2ncn(-c3ccccc3)n2)nc1. The van der Waals surface area contributed by atoms with E-state index in [2.05, 4.69) is 15.1 Å². The van der Waals surface area contributed by atoms with Gasteiger partial charge in [-0.15, -0.1) is 5.10 Å². The number of ether oxygens (including phenoxy) is 1. The van der Waals surface area contributed by atoms with Gasteiger partial charge in [-0.25, -0.2) is 9.67 Å². The van der Waals surface area contributed by atoms with Crippen molar-refractivity contribution in [1.29, 1.82) is 0 Å². The summed E-state index contributed by atoms with van der Waals surface area (Å²) in [6.45, 7) is 1.90. The summed E-state index contributed by atoms with van der Waals surface area (Å²) in [5.74, 6) is 0.435. The minimum atomic E-state index is -0.0537. The zero-order valence-electron chi connectivity index (χ0n) is 11.5. The fourth-order valence-corrected chi connectivity index (χ4v) is 1.81. The van der Waals surface area contributed by atoms with Crippen molar-refractivity contribution in [2.45, 2.75) is 13.0 Å². The minimum absolute atomic E-state index is 0.0537. The Morgan fingerprint density at radius 1 is 1.10 bits per heavy atom. The number of hydrogen-bond donors (Lipinski definition) is 1. The largest absolute Gasteiger partial charge is 0.404 e. The van der Waals surface area contributed by atoms with Crippen LogP contribution in [0.2, 0.25) is 0 Å². The van der Waals surface area contributed by atoms with E-state index in [0.29, 0.717) is 5.88 Å². The van der Waals surface area contributed by atoms with Crippen molar-refractivity contribution < 1.29 is 4.74 Å². The second-order valence-electron chi connectivity index (χ2n) is 4.63. The average Bonchev–Trinajstić information content (AvgIpc) is 2.97. The van der Waals surface area contributed by atoms with Gasteiger partial charge in [0, 0.05) is 18.3 Å². The van der Waals surface area contributed by atoms with Gasteiger partial charge in [-0.3, -0.25) is 0 Å². The van der Waals surface area contributed by atoms with E-state index in [1.54, 1.807) is 23.3 Å². The van der Waals surface area contributed by atoms with Crippen LogP contribution in [0.3, 0.4) is 0 Å². The highest BCUT2D eigenvalue weighted by atomic mass is 16.5. The number of para-hydroxylation sites is 1. The first kappa shape index (κ1) is 13.3. The Hall–Kier alpha value is -2.73. The molecule has 6 nitrogen and oxygen atoms in total. The van der Waals surface area contributed by atoms with Crippen LogP contribution in [0.15, 0.2) is 55.0 Å². The molecule has 106 valence electrons. The van der Waals surface area contributed by atoms with E-state index in [4.69, 9.17) is 10.5 Å². The van der Waals surface area contributed by atoms with Gasteiger partial charge in [0.25, 0.3) is 0 Å². The van der Waals surface area contributed by atoms with Crippen LogP contribution in [0, 0.1) is 0 Å². The number of nitrogens with zero attached hydrogens (tertiary/aromatic N) is 4. The number of nitrogens with two attached hydrogens (primary N) is 1. The topological polar surface area (TPSA) is 78.9 Å². The predicted molar refractivity (Wildman–Crippen MR) is 78.3 cm³/mol. The van der Waals surface area contributed by atoms with E-state index in [-0.39, 0.29) is 12.1 Å². The van der Waals surface area contributed by atoms with Crippen molar-refractivity contribution in [3.63, 3.8) is 0 Å². The van der Waals surface area contributed by atoms with Crippen LogP contribution in [0.5, 0.6) is 11.9 Å². The van der Waals surface area contributed by atoms with Gasteiger partial charge in [0.1, 0.15) is 6.33 Å². The van der Waals surface area contributed by atoms with Crippen molar-refractivity contribution in [2.24, 2.45) is 5.73 Å². The summed E-state index contributed by atoms with van der Waals surface area (Å²) < 4.78 is 7.16. The lowest BCUT2D eigenvalue weighted by Crippen LogP contribution is -2.05. The summed E-state index contributed by atoms with van der Waals surface area (Å²) in [6, 6.07) is 13.5. The van der Waals surface area contributed by atoms with Crippen LogP contribution >= 0.6 is 0 Å². The van der Waals surface area contributed by atoms with Crippen LogP contribution in [0.1, 0.15) is 18.5 Å². The maximum atomic E-state index is 5.78. The molecule has 0 saturated carbocycles. The molecule has 0 fully saturated rings. The van der Waals surface area contributed by atoms with E-state index < -0.39 is 0 Å². The Labute approximate surface area is 122 Å². The predicted octanol–water partition coefficient (Wildman–Crippen LogP) is 2.47. The molecule has 0 saturated heterocycles. The van der Waals surface area contributed by atoms with Gasteiger partial charge in [0.2, 0.25) is 5.88 Å². The first-order valence-corrected chi connectivity index (χ1v) is 6.59. The molecule has 0 bridgehead atoms. The van der Waals surface area contributed by atoms with E-state index in [0.717, 1.165) is 11.3 Å². The summed E-state index contributed by atoms with van der Waals surface area (Å²) in [6.07, 6.45) is 3.29. The van der Waals surface area contributed by atoms with E-state index >= 15 is 0 Å². The molecule has 1 atom stereocenters. The molecule has 2 heterocycles. The molecule has 0 aliphatic rings. The molecular formula is C15H15N5O. The van der Waals surface area contributed by atoms with Crippen LogP contribution in [-0.4, -0.2) is 19.7 Å². The van der Waals surface area contributed by atoms with E-state index in [1.807, 2.05) is 43.3 Å². The fraction of sp³-hybridized carbons (Fsp3) is 0.133. The normalized spacial score (nSPS) is 12.1. The third-order valence-electron chi connectivity index (χ3n) is 2.97. The first-order chi connectivity index (χ1) is 10.2. The van der Waals surface area contributed by atoms with Crippen molar-refractivity contribution in [3.05, 3.63) is 60.6 Å². The second kappa shape index (κ2) is 5.72. The molecule has 2 N–H and O–H groups in total. The van der Waals surface area contributed by atoms with E-state index in [1.165, 1.54) is 0 Å². The summed E-state index contributed by atoms with van der Waals surface area (Å²) in [7, 11) is 0. The number of rotatable bonds is 4. The van der Waals surface area contributed by atoms with Gasteiger partial charge < -0.3 is 10.5 Å². The Morgan fingerprint density at radius 3 is 2.57 bits per heavy atom. The smallest absolute Gasteiger partial charge is 0.342 e. The third-order valence-corrected chi connectivity index (χ3v) is 2.97. The van der Waals surface area contributed by atoms with E-state index in [9.17, 15) is 0 Å². The molecule has 3 aromatic rings. The maximum Gasteiger partial charge on any atom is 0.342 e. The number of hydrogen-bond acceptors (Lipinski definition) is 5. The van der Waals surface area contributed by atoms with Crippen LogP contribution in [0.4, 0.5) is 0 Å². The molecular weight excluding hydrogens is 266 g/mol. The van der Waals surface area contributed by atoms with Crippen LogP contribution in [-0.2, 0) is 0 Å². The highest BCUT2D eigenvalue weighted by Gasteiger charge is 2.06. The molecule has 6 heteroatoms. The lowest BCUT2D eigenvalue weighted by atomic mass is 10.2. The second-order valence-corrected chi connectivity index (χ2v) is 4.63. The molecule has 0 aliphatic carbocycles. The molecule has 0 radical (unpaired) electrons. The van der Waals surface area contributed by atoms with Gasteiger partial charge in [-0.05, 0) is 24.6 Å². The van der Waals surface area contributed by atoms with Gasteiger partial charge >= 0.3 is 6.01 Å². The fourth-order valence-electron chi connectivity index (χ4n) is 1.81. The number of pyridine rings is 1. The minimum Gasteiger partial charge on any atom is -0.404 e. The Kier molecular flexibility index (Phi) is 3.61. The standard InChI is InChI=1S/C15H15N5O/c1-11(16)12-7-8-14(17-9-12)21-15-18-10-20(19-15)13-5-3-2-4-6-13/h2-11H,16H2,1H3. The molecule has 0 amide bonds. The highest BCUT2D eigenvalue weighted by Crippen LogP contribution is 2.17. The van der Waals surface area contributed by atoms with Crippen LogP contribution in [0.25, 0.3) is 5.69 Å². The van der Waals surface area contributed by atoms with Crippen LogP contribution < -0.4 is 10.5 Å². The summed E-state index contributed by atoms with van der Waals surface area (Å²) >= 11 is 0. The Morgan fingerprint density at radius 2 is 1.90 bits per heavy atom. The molecule has 1 unspecified atom stereocenters. The van der Waals surface area contributed by atoms with Crippen molar-refractivity contribution in [1.82, 2.24) is 19.7 Å². The summed E-state index contributed by atoms with van der Waals surface area (Å²) in [4.78, 5) is 8.30. The molecule has 21 heavy (non-hydrogen) atoms. The Bertz CT molecular complexity index is 706. The average molecular weight is 281 g/mol. The maximum absolute atomic E-state index is 5.78. The molecule has 1 aromatic carbocycles. The lowest BCUT2D eigenvalue weighted by Gasteiger charge is -2.05. The third kappa shape index (κ3) is 3.06. The molecule has 0 aliphatic heterocycles. The Balaban J connectivity index is 1.75.